The lowest BCUT2D eigenvalue weighted by Gasteiger charge is -2.32. The number of hydrogen-bond acceptors (Lipinski definition) is 7. The lowest BCUT2D eigenvalue weighted by molar-refractivity contribution is -0.386. The average Bonchev–Trinajstić information content (AvgIpc) is 2.94. The zero-order valence-electron chi connectivity index (χ0n) is 23.0. The first-order valence-electron chi connectivity index (χ1n) is 14.0. The Labute approximate surface area is 239 Å². The van der Waals surface area contributed by atoms with E-state index in [0.29, 0.717) is 42.5 Å². The van der Waals surface area contributed by atoms with Crippen LogP contribution in [0.25, 0.3) is 0 Å². The number of carbonyl (C=O) groups excluding carboxylic acids is 2. The average molecular weight is 582 g/mol. The zero-order valence-corrected chi connectivity index (χ0v) is 23.9. The van der Waals surface area contributed by atoms with E-state index in [1.54, 1.807) is 18.2 Å². The topological polar surface area (TPSA) is 142 Å². The summed E-state index contributed by atoms with van der Waals surface area (Å²) in [6.07, 6.45) is 7.23. The SMILES string of the molecule is Cc1ccc(S(=O)(=O)N2C=CNC(=O)[C@H]2CC(=O)N[C@@H]2CCCc3c2ccc(CN2CCCCC2)c3[N+](=O)[O-])cc1. The number of hydrogen-bond donors (Lipinski definition) is 2. The van der Waals surface area contributed by atoms with Crippen LogP contribution < -0.4 is 10.6 Å². The Balaban J connectivity index is 1.35. The van der Waals surface area contributed by atoms with Crippen molar-refractivity contribution in [1.82, 2.24) is 19.8 Å². The van der Waals surface area contributed by atoms with Crippen molar-refractivity contribution in [2.45, 2.75) is 75.4 Å². The van der Waals surface area contributed by atoms with Gasteiger partial charge in [0.2, 0.25) is 11.8 Å². The number of nitro groups is 1. The highest BCUT2D eigenvalue weighted by Crippen LogP contribution is 2.38. The molecule has 11 nitrogen and oxygen atoms in total. The molecule has 0 spiro atoms. The molecule has 41 heavy (non-hydrogen) atoms. The largest absolute Gasteiger partial charge is 0.349 e. The Morgan fingerprint density at radius 2 is 1.83 bits per heavy atom. The van der Waals surface area contributed by atoms with E-state index in [1.165, 1.54) is 31.0 Å². The molecule has 0 aromatic heterocycles. The number of likely N-dealkylation sites (tertiary alicyclic amines) is 1. The molecule has 1 fully saturated rings. The normalized spacial score (nSPS) is 21.2. The molecule has 2 atom stereocenters. The van der Waals surface area contributed by atoms with Crippen LogP contribution in [-0.2, 0) is 32.6 Å². The minimum Gasteiger partial charge on any atom is -0.349 e. The number of fused-ring (bicyclic) bond motifs is 1. The molecule has 218 valence electrons. The third-order valence-corrected chi connectivity index (χ3v) is 9.89. The van der Waals surface area contributed by atoms with Gasteiger partial charge < -0.3 is 10.6 Å². The van der Waals surface area contributed by atoms with E-state index in [-0.39, 0.29) is 15.5 Å². The second-order valence-electron chi connectivity index (χ2n) is 10.9. The Morgan fingerprint density at radius 1 is 1.10 bits per heavy atom. The van der Waals surface area contributed by atoms with Crippen molar-refractivity contribution >= 4 is 27.5 Å². The Kier molecular flexibility index (Phi) is 8.41. The number of aryl methyl sites for hydroxylation is 1. The van der Waals surface area contributed by atoms with E-state index in [2.05, 4.69) is 15.5 Å². The van der Waals surface area contributed by atoms with Crippen LogP contribution in [0, 0.1) is 17.0 Å². The van der Waals surface area contributed by atoms with Gasteiger partial charge in [-0.3, -0.25) is 28.9 Å². The highest BCUT2D eigenvalue weighted by Gasteiger charge is 2.38. The fourth-order valence-corrected chi connectivity index (χ4v) is 7.44. The van der Waals surface area contributed by atoms with E-state index >= 15 is 0 Å². The van der Waals surface area contributed by atoms with Crippen molar-refractivity contribution in [2.75, 3.05) is 13.1 Å². The number of nitro benzene ring substituents is 1. The van der Waals surface area contributed by atoms with Crippen molar-refractivity contribution in [1.29, 1.82) is 0 Å². The summed E-state index contributed by atoms with van der Waals surface area (Å²) in [6, 6.07) is 8.18. The minimum absolute atomic E-state index is 0.0155. The fraction of sp³-hybridized carbons (Fsp3) is 0.448. The first kappa shape index (κ1) is 28.7. The van der Waals surface area contributed by atoms with Gasteiger partial charge in [0.15, 0.2) is 0 Å². The van der Waals surface area contributed by atoms with E-state index < -0.39 is 40.3 Å². The van der Waals surface area contributed by atoms with Gasteiger partial charge in [-0.1, -0.05) is 36.2 Å². The molecule has 0 bridgehead atoms. The number of nitrogens with zero attached hydrogens (tertiary/aromatic N) is 3. The number of rotatable bonds is 8. The van der Waals surface area contributed by atoms with Crippen LogP contribution in [0.2, 0.25) is 0 Å². The van der Waals surface area contributed by atoms with Gasteiger partial charge in [0.25, 0.3) is 15.7 Å². The summed E-state index contributed by atoms with van der Waals surface area (Å²) in [7, 11) is -4.09. The van der Waals surface area contributed by atoms with Gasteiger partial charge in [-0.15, -0.1) is 0 Å². The molecular weight excluding hydrogens is 546 g/mol. The first-order valence-corrected chi connectivity index (χ1v) is 15.5. The predicted octanol–water partition coefficient (Wildman–Crippen LogP) is 3.43. The number of nitrogens with one attached hydrogen (secondary N) is 2. The molecule has 2 heterocycles. The van der Waals surface area contributed by atoms with Crippen LogP contribution in [0.5, 0.6) is 0 Å². The molecular formula is C29H35N5O6S. The predicted molar refractivity (Wildman–Crippen MR) is 152 cm³/mol. The third kappa shape index (κ3) is 6.13. The van der Waals surface area contributed by atoms with Crippen molar-refractivity contribution in [3.8, 4) is 0 Å². The number of carbonyl (C=O) groups is 2. The Hall–Kier alpha value is -3.77. The molecule has 1 aliphatic carbocycles. The summed E-state index contributed by atoms with van der Waals surface area (Å²) in [5.41, 5.74) is 3.04. The van der Waals surface area contributed by atoms with Gasteiger partial charge in [0.1, 0.15) is 6.04 Å². The number of piperidine rings is 1. The van der Waals surface area contributed by atoms with E-state index in [4.69, 9.17) is 0 Å². The van der Waals surface area contributed by atoms with Gasteiger partial charge >= 0.3 is 0 Å². The van der Waals surface area contributed by atoms with Crippen LogP contribution in [0.15, 0.2) is 53.7 Å². The molecule has 2 aliphatic heterocycles. The molecule has 2 aromatic carbocycles. The summed E-state index contributed by atoms with van der Waals surface area (Å²) in [4.78, 5) is 40.2. The number of amides is 2. The monoisotopic (exact) mass is 581 g/mol. The lowest BCUT2D eigenvalue weighted by atomic mass is 9.85. The van der Waals surface area contributed by atoms with Gasteiger partial charge in [0, 0.05) is 30.1 Å². The van der Waals surface area contributed by atoms with Crippen LogP contribution in [0.3, 0.4) is 0 Å². The van der Waals surface area contributed by atoms with E-state index in [9.17, 15) is 28.1 Å². The molecule has 0 saturated carbocycles. The second-order valence-corrected chi connectivity index (χ2v) is 12.8. The van der Waals surface area contributed by atoms with E-state index in [0.717, 1.165) is 35.8 Å². The molecule has 0 radical (unpaired) electrons. The molecule has 2 amide bonds. The maximum Gasteiger partial charge on any atom is 0.277 e. The second kappa shape index (κ2) is 12.0. The Morgan fingerprint density at radius 3 is 2.54 bits per heavy atom. The highest BCUT2D eigenvalue weighted by molar-refractivity contribution is 7.89. The molecule has 1 saturated heterocycles. The molecule has 5 rings (SSSR count). The van der Waals surface area contributed by atoms with Gasteiger partial charge in [-0.25, -0.2) is 8.42 Å². The molecule has 2 aromatic rings. The summed E-state index contributed by atoms with van der Waals surface area (Å²) in [5, 5.41) is 17.6. The maximum absolute atomic E-state index is 13.4. The smallest absolute Gasteiger partial charge is 0.277 e. The van der Waals surface area contributed by atoms with Gasteiger partial charge in [-0.05, 0) is 69.8 Å². The van der Waals surface area contributed by atoms with Crippen molar-refractivity contribution < 1.29 is 22.9 Å². The van der Waals surface area contributed by atoms with Crippen molar-refractivity contribution in [2.24, 2.45) is 0 Å². The van der Waals surface area contributed by atoms with Crippen LogP contribution in [0.1, 0.15) is 66.8 Å². The lowest BCUT2D eigenvalue weighted by Crippen LogP contribution is -2.51. The van der Waals surface area contributed by atoms with Gasteiger partial charge in [0.05, 0.1) is 22.3 Å². The minimum atomic E-state index is -4.09. The molecule has 2 N–H and O–H groups in total. The molecule has 3 aliphatic rings. The number of sulfonamides is 1. The molecule has 0 unspecified atom stereocenters. The summed E-state index contributed by atoms with van der Waals surface area (Å²) in [5.74, 6) is -1.12. The van der Waals surface area contributed by atoms with Gasteiger partial charge in [-0.2, -0.15) is 0 Å². The summed E-state index contributed by atoms with van der Waals surface area (Å²) >= 11 is 0. The van der Waals surface area contributed by atoms with Crippen LogP contribution >= 0.6 is 0 Å². The van der Waals surface area contributed by atoms with E-state index in [1.807, 2.05) is 13.0 Å². The first-order chi connectivity index (χ1) is 19.6. The van der Waals surface area contributed by atoms with Crippen LogP contribution in [0.4, 0.5) is 5.69 Å². The number of benzene rings is 2. The summed E-state index contributed by atoms with van der Waals surface area (Å²) < 4.78 is 27.6. The molecule has 12 heteroatoms. The van der Waals surface area contributed by atoms with Crippen molar-refractivity contribution in [3.05, 3.63) is 81.2 Å². The highest BCUT2D eigenvalue weighted by atomic mass is 32.2. The van der Waals surface area contributed by atoms with Crippen molar-refractivity contribution in [3.63, 3.8) is 0 Å². The summed E-state index contributed by atoms with van der Waals surface area (Å²) in [6.45, 7) is 4.21. The quantitative estimate of drug-likeness (QED) is 0.359. The zero-order chi connectivity index (χ0) is 29.1. The fourth-order valence-electron chi connectivity index (χ4n) is 5.99. The maximum atomic E-state index is 13.4. The third-order valence-electron chi connectivity index (χ3n) is 8.09. The Bertz CT molecular complexity index is 1470. The standard InChI is InChI=1S/C29H35N5O6S/c1-20-8-11-22(12-9-20)41(39,40)33-17-14-30-29(36)26(33)18-27(35)31-25-7-5-6-24-23(25)13-10-21(28(24)34(37)38)19-32-15-3-2-4-16-32/h8-14,17,25-26H,2-7,15-16,18-19H2,1H3,(H,30,36)(H,31,35)/t25-,26-/m1/s1. The van der Waals surface area contributed by atoms with Crippen LogP contribution in [-0.4, -0.2) is 53.5 Å².